The molecule has 0 spiro atoms. The normalized spacial score (nSPS) is 17.7. The summed E-state index contributed by atoms with van der Waals surface area (Å²) >= 11 is 0. The van der Waals surface area contributed by atoms with Crippen LogP contribution in [-0.2, 0) is 14.4 Å². The molecule has 0 aromatic heterocycles. The Labute approximate surface area is 85.7 Å². The number of rotatable bonds is 4. The van der Waals surface area contributed by atoms with E-state index in [2.05, 4.69) is 0 Å². The predicted octanol–water partition coefficient (Wildman–Crippen LogP) is 0.617. The van der Waals surface area contributed by atoms with Gasteiger partial charge in [0.25, 0.3) is 0 Å². The van der Waals surface area contributed by atoms with Gasteiger partial charge in [0.1, 0.15) is 0 Å². The van der Waals surface area contributed by atoms with Gasteiger partial charge in [-0.3, -0.25) is 14.4 Å². The molecular weight excluding hydrogens is 200 g/mol. The molecule has 0 saturated carbocycles. The molecule has 0 heterocycles. The van der Waals surface area contributed by atoms with Crippen LogP contribution in [0, 0.1) is 5.41 Å². The van der Waals surface area contributed by atoms with E-state index in [0.29, 0.717) is 0 Å². The molecule has 1 rings (SSSR count). The lowest BCUT2D eigenvalue weighted by molar-refractivity contribution is -0.146. The zero-order valence-corrected chi connectivity index (χ0v) is 7.84. The summed E-state index contributed by atoms with van der Waals surface area (Å²) in [7, 11) is 0. The Morgan fingerprint density at radius 2 is 1.67 bits per heavy atom. The van der Waals surface area contributed by atoms with Gasteiger partial charge in [-0.25, -0.2) is 0 Å². The topological polar surface area (TPSA) is 91.7 Å². The average molecular weight is 210 g/mol. The molecule has 5 heteroatoms. The van der Waals surface area contributed by atoms with Gasteiger partial charge >= 0.3 is 11.9 Å². The molecule has 2 N–H and O–H groups in total. The zero-order valence-electron chi connectivity index (χ0n) is 7.84. The number of carboxylic acid groups (broad SMARTS) is 2. The standard InChI is InChI=1S/C10H10O5/c11-7-3-1-2-4-10(7,5-8(12)13)6-9(14)15/h1-4H,5-6H2,(H,12,13)(H,14,15). The molecule has 0 fully saturated rings. The van der Waals surface area contributed by atoms with Crippen LogP contribution in [0.5, 0.6) is 0 Å². The van der Waals surface area contributed by atoms with Crippen molar-refractivity contribution in [3.63, 3.8) is 0 Å². The highest BCUT2D eigenvalue weighted by Crippen LogP contribution is 2.32. The molecular formula is C10H10O5. The Kier molecular flexibility index (Phi) is 3.04. The summed E-state index contributed by atoms with van der Waals surface area (Å²) in [5, 5.41) is 17.3. The minimum Gasteiger partial charge on any atom is -0.481 e. The first-order valence-corrected chi connectivity index (χ1v) is 4.30. The number of hydrogen-bond acceptors (Lipinski definition) is 3. The van der Waals surface area contributed by atoms with Crippen molar-refractivity contribution in [2.75, 3.05) is 0 Å². The third kappa shape index (κ3) is 2.52. The second-order valence-corrected chi connectivity index (χ2v) is 3.38. The fourth-order valence-corrected chi connectivity index (χ4v) is 1.53. The second kappa shape index (κ2) is 4.08. The van der Waals surface area contributed by atoms with Crippen molar-refractivity contribution in [3.8, 4) is 0 Å². The van der Waals surface area contributed by atoms with Crippen molar-refractivity contribution in [1.82, 2.24) is 0 Å². The van der Waals surface area contributed by atoms with Crippen LogP contribution in [-0.4, -0.2) is 27.9 Å². The number of carbonyl (C=O) groups excluding carboxylic acids is 1. The summed E-state index contributed by atoms with van der Waals surface area (Å²) in [6, 6.07) is 0. The lowest BCUT2D eigenvalue weighted by atomic mass is 9.75. The molecule has 15 heavy (non-hydrogen) atoms. The van der Waals surface area contributed by atoms with Gasteiger partial charge in [-0.05, 0) is 6.08 Å². The summed E-state index contributed by atoms with van der Waals surface area (Å²) in [6.07, 6.45) is 4.50. The highest BCUT2D eigenvalue weighted by atomic mass is 16.4. The molecule has 1 aliphatic carbocycles. The van der Waals surface area contributed by atoms with Gasteiger partial charge in [0.2, 0.25) is 0 Å². The van der Waals surface area contributed by atoms with Gasteiger partial charge in [-0.2, -0.15) is 0 Å². The molecule has 0 saturated heterocycles. The Morgan fingerprint density at radius 3 is 2.07 bits per heavy atom. The fourth-order valence-electron chi connectivity index (χ4n) is 1.53. The van der Waals surface area contributed by atoms with E-state index >= 15 is 0 Å². The first kappa shape index (κ1) is 11.2. The minimum atomic E-state index is -1.42. The van der Waals surface area contributed by atoms with Crippen molar-refractivity contribution < 1.29 is 24.6 Å². The number of carboxylic acids is 2. The molecule has 0 atom stereocenters. The average Bonchev–Trinajstić information content (AvgIpc) is 2.08. The quantitative estimate of drug-likeness (QED) is 0.709. The number of hydrogen-bond donors (Lipinski definition) is 2. The van der Waals surface area contributed by atoms with Crippen LogP contribution < -0.4 is 0 Å². The molecule has 0 radical (unpaired) electrons. The van der Waals surface area contributed by atoms with Crippen LogP contribution in [0.25, 0.3) is 0 Å². The van der Waals surface area contributed by atoms with Crippen LogP contribution in [0.2, 0.25) is 0 Å². The summed E-state index contributed by atoms with van der Waals surface area (Å²) < 4.78 is 0. The Morgan fingerprint density at radius 1 is 1.13 bits per heavy atom. The second-order valence-electron chi connectivity index (χ2n) is 3.38. The Balaban J connectivity index is 3.00. The van der Waals surface area contributed by atoms with Gasteiger partial charge in [-0.15, -0.1) is 0 Å². The van der Waals surface area contributed by atoms with Crippen LogP contribution in [0.4, 0.5) is 0 Å². The lowest BCUT2D eigenvalue weighted by Gasteiger charge is -2.25. The largest absolute Gasteiger partial charge is 0.481 e. The highest BCUT2D eigenvalue weighted by molar-refractivity contribution is 6.01. The maximum atomic E-state index is 11.5. The maximum Gasteiger partial charge on any atom is 0.304 e. The smallest absolute Gasteiger partial charge is 0.304 e. The number of ketones is 1. The molecule has 1 aliphatic rings. The predicted molar refractivity (Wildman–Crippen MR) is 50.2 cm³/mol. The van der Waals surface area contributed by atoms with Gasteiger partial charge in [0.15, 0.2) is 5.78 Å². The van der Waals surface area contributed by atoms with E-state index in [0.717, 1.165) is 0 Å². The van der Waals surface area contributed by atoms with E-state index in [9.17, 15) is 14.4 Å². The monoisotopic (exact) mass is 210 g/mol. The van der Waals surface area contributed by atoms with Crippen molar-refractivity contribution in [2.45, 2.75) is 12.8 Å². The molecule has 0 unspecified atom stereocenters. The van der Waals surface area contributed by atoms with Crippen LogP contribution in [0.1, 0.15) is 12.8 Å². The SMILES string of the molecule is O=C(O)CC1(CC(=O)O)C=CC=CC1=O. The minimum absolute atomic E-state index is 0.477. The number of aliphatic carboxylic acids is 2. The highest BCUT2D eigenvalue weighted by Gasteiger charge is 2.39. The lowest BCUT2D eigenvalue weighted by Crippen LogP contribution is -2.34. The molecule has 0 amide bonds. The van der Waals surface area contributed by atoms with Crippen molar-refractivity contribution in [3.05, 3.63) is 24.3 Å². The van der Waals surface area contributed by atoms with Crippen molar-refractivity contribution >= 4 is 17.7 Å². The summed E-state index contributed by atoms with van der Waals surface area (Å²) in [4.78, 5) is 32.7. The summed E-state index contributed by atoms with van der Waals surface area (Å²) in [5.41, 5.74) is -1.42. The van der Waals surface area contributed by atoms with E-state index < -0.39 is 36.0 Å². The number of carbonyl (C=O) groups is 3. The van der Waals surface area contributed by atoms with E-state index in [1.165, 1.54) is 24.3 Å². The van der Waals surface area contributed by atoms with Gasteiger partial charge < -0.3 is 10.2 Å². The van der Waals surface area contributed by atoms with E-state index in [1.807, 2.05) is 0 Å². The maximum absolute atomic E-state index is 11.5. The van der Waals surface area contributed by atoms with Gasteiger partial charge in [0, 0.05) is 0 Å². The van der Waals surface area contributed by atoms with E-state index in [-0.39, 0.29) is 0 Å². The molecule has 0 aromatic carbocycles. The Bertz CT molecular complexity index is 348. The van der Waals surface area contributed by atoms with E-state index in [4.69, 9.17) is 10.2 Å². The van der Waals surface area contributed by atoms with Gasteiger partial charge in [0.05, 0.1) is 18.3 Å². The molecule has 0 bridgehead atoms. The first-order valence-electron chi connectivity index (χ1n) is 4.30. The van der Waals surface area contributed by atoms with Gasteiger partial charge in [-0.1, -0.05) is 18.2 Å². The fraction of sp³-hybridized carbons (Fsp3) is 0.300. The summed E-state index contributed by atoms with van der Waals surface area (Å²) in [6.45, 7) is 0. The molecule has 80 valence electrons. The first-order chi connectivity index (χ1) is 6.96. The van der Waals surface area contributed by atoms with E-state index in [1.54, 1.807) is 0 Å². The summed E-state index contributed by atoms with van der Waals surface area (Å²) in [5.74, 6) is -2.86. The van der Waals surface area contributed by atoms with Crippen LogP contribution in [0.15, 0.2) is 24.3 Å². The zero-order chi connectivity index (χ0) is 11.5. The molecule has 0 aromatic rings. The van der Waals surface area contributed by atoms with Crippen molar-refractivity contribution in [2.24, 2.45) is 5.41 Å². The Hall–Kier alpha value is -1.91. The van der Waals surface area contributed by atoms with Crippen LogP contribution in [0.3, 0.4) is 0 Å². The molecule has 5 nitrogen and oxygen atoms in total. The van der Waals surface area contributed by atoms with Crippen molar-refractivity contribution in [1.29, 1.82) is 0 Å². The third-order valence-electron chi connectivity index (χ3n) is 2.20. The third-order valence-corrected chi connectivity index (χ3v) is 2.20. The van der Waals surface area contributed by atoms with Crippen LogP contribution >= 0.6 is 0 Å². The molecule has 0 aliphatic heterocycles. The number of allylic oxidation sites excluding steroid dienone is 4.